The quantitative estimate of drug-likeness (QED) is 0.506. The van der Waals surface area contributed by atoms with Gasteiger partial charge in [-0.25, -0.2) is 0 Å². The van der Waals surface area contributed by atoms with Crippen LogP contribution in [0.2, 0.25) is 0 Å². The number of piperidine rings is 1. The van der Waals surface area contributed by atoms with Crippen LogP contribution in [0, 0.1) is 5.92 Å². The van der Waals surface area contributed by atoms with E-state index >= 15 is 0 Å². The van der Waals surface area contributed by atoms with E-state index in [2.05, 4.69) is 22.1 Å². The van der Waals surface area contributed by atoms with Crippen LogP contribution in [0.4, 0.5) is 0 Å². The molecule has 0 unspecified atom stereocenters. The molecule has 6 nitrogen and oxygen atoms in total. The number of esters is 1. The molecule has 0 saturated carbocycles. The Hall–Kier alpha value is -2.11. The molecule has 0 bridgehead atoms. The number of guanidine groups is 1. The van der Waals surface area contributed by atoms with Crippen LogP contribution in [0.3, 0.4) is 0 Å². The summed E-state index contributed by atoms with van der Waals surface area (Å²) in [5, 5.41) is 3.34. The second-order valence-electron chi connectivity index (χ2n) is 5.59. The van der Waals surface area contributed by atoms with Crippen molar-refractivity contribution >= 4 is 11.9 Å². The Morgan fingerprint density at radius 1 is 1.43 bits per heavy atom. The van der Waals surface area contributed by atoms with Gasteiger partial charge in [-0.05, 0) is 31.9 Å². The summed E-state index contributed by atoms with van der Waals surface area (Å²) in [5.74, 6) is 0.848. The highest BCUT2D eigenvalue weighted by molar-refractivity contribution is 5.80. The summed E-state index contributed by atoms with van der Waals surface area (Å²) in [4.78, 5) is 22.8. The van der Waals surface area contributed by atoms with E-state index in [0.717, 1.165) is 50.6 Å². The second-order valence-corrected chi connectivity index (χ2v) is 5.59. The molecule has 1 aromatic heterocycles. The van der Waals surface area contributed by atoms with Gasteiger partial charge >= 0.3 is 5.97 Å². The maximum atomic E-state index is 11.6. The zero-order valence-corrected chi connectivity index (χ0v) is 14.0. The molecule has 1 N–H and O–H groups in total. The summed E-state index contributed by atoms with van der Waals surface area (Å²) in [6.07, 6.45) is 4.27. The molecule has 1 saturated heterocycles. The van der Waals surface area contributed by atoms with Gasteiger partial charge in [0.2, 0.25) is 0 Å². The number of aliphatic imine (C=N–C) groups is 1. The van der Waals surface area contributed by atoms with Crippen LogP contribution in [0.25, 0.3) is 0 Å². The fourth-order valence-electron chi connectivity index (χ4n) is 2.74. The zero-order chi connectivity index (χ0) is 16.5. The molecule has 0 aliphatic carbocycles. The molecular weight excluding hydrogens is 292 g/mol. The van der Waals surface area contributed by atoms with Gasteiger partial charge in [-0.2, -0.15) is 0 Å². The Labute approximate surface area is 138 Å². The predicted octanol–water partition coefficient (Wildman–Crippen LogP) is 1.47. The lowest BCUT2D eigenvalue weighted by Crippen LogP contribution is -2.46. The number of ether oxygens (including phenoxy) is 1. The number of carbonyl (C=O) groups is 1. The fraction of sp³-hybridized carbons (Fsp3) is 0.588. The van der Waals surface area contributed by atoms with E-state index in [9.17, 15) is 4.79 Å². The topological polar surface area (TPSA) is 66.8 Å². The minimum atomic E-state index is -0.0956. The first kappa shape index (κ1) is 17.2. The summed E-state index contributed by atoms with van der Waals surface area (Å²) in [5.41, 5.74) is 1.05. The van der Waals surface area contributed by atoms with Gasteiger partial charge in [0.1, 0.15) is 0 Å². The molecule has 1 aromatic rings. The highest BCUT2D eigenvalue weighted by Crippen LogP contribution is 2.18. The van der Waals surface area contributed by atoms with Gasteiger partial charge < -0.3 is 15.0 Å². The van der Waals surface area contributed by atoms with E-state index < -0.39 is 0 Å². The molecule has 0 amide bonds. The van der Waals surface area contributed by atoms with Gasteiger partial charge in [0, 0.05) is 44.5 Å². The second kappa shape index (κ2) is 9.12. The predicted molar refractivity (Wildman–Crippen MR) is 90.2 cm³/mol. The van der Waals surface area contributed by atoms with E-state index in [1.54, 1.807) is 0 Å². The largest absolute Gasteiger partial charge is 0.469 e. The average Bonchev–Trinajstić information content (AvgIpc) is 2.61. The molecule has 0 aromatic carbocycles. The van der Waals surface area contributed by atoms with Crippen LogP contribution in [-0.4, -0.2) is 55.1 Å². The monoisotopic (exact) mass is 318 g/mol. The summed E-state index contributed by atoms with van der Waals surface area (Å²) in [6, 6.07) is 5.93. The Bertz CT molecular complexity index is 511. The summed E-state index contributed by atoms with van der Waals surface area (Å²) < 4.78 is 4.84. The van der Waals surface area contributed by atoms with E-state index in [1.807, 2.05) is 24.4 Å². The molecule has 126 valence electrons. The molecule has 6 heteroatoms. The van der Waals surface area contributed by atoms with Gasteiger partial charge in [0.15, 0.2) is 5.96 Å². The highest BCUT2D eigenvalue weighted by Gasteiger charge is 2.26. The third-order valence-electron chi connectivity index (χ3n) is 4.02. The zero-order valence-electron chi connectivity index (χ0n) is 14.0. The summed E-state index contributed by atoms with van der Waals surface area (Å²) >= 11 is 0. The number of nitrogens with one attached hydrogen (secondary N) is 1. The Balaban J connectivity index is 1.88. The van der Waals surface area contributed by atoms with Crippen molar-refractivity contribution in [3.63, 3.8) is 0 Å². The average molecular weight is 318 g/mol. The Morgan fingerprint density at radius 3 is 2.83 bits per heavy atom. The van der Waals surface area contributed by atoms with Crippen molar-refractivity contribution in [1.29, 1.82) is 0 Å². The van der Waals surface area contributed by atoms with Crippen molar-refractivity contribution < 1.29 is 9.53 Å². The van der Waals surface area contributed by atoms with Crippen molar-refractivity contribution in [3.05, 3.63) is 30.1 Å². The summed E-state index contributed by atoms with van der Waals surface area (Å²) in [7, 11) is 1.46. The minimum Gasteiger partial charge on any atom is -0.469 e. The number of hydrogen-bond donors (Lipinski definition) is 1. The standard InChI is InChI=1S/C17H26N4O2/c1-3-18-17(20-11-7-15-6-4-5-10-19-15)21-12-8-14(9-13-21)16(22)23-2/h4-6,10,14H,3,7-9,11-13H2,1-2H3,(H,18,20). The molecular formula is C17H26N4O2. The van der Waals surface area contributed by atoms with Gasteiger partial charge in [-0.3, -0.25) is 14.8 Å². The number of methoxy groups -OCH3 is 1. The number of hydrogen-bond acceptors (Lipinski definition) is 4. The van der Waals surface area contributed by atoms with Crippen molar-refractivity contribution in [1.82, 2.24) is 15.2 Å². The number of pyridine rings is 1. The maximum Gasteiger partial charge on any atom is 0.308 e. The first-order valence-corrected chi connectivity index (χ1v) is 8.25. The molecule has 2 heterocycles. The summed E-state index contributed by atoms with van der Waals surface area (Å²) in [6.45, 7) is 5.26. The van der Waals surface area contributed by atoms with E-state index in [1.165, 1.54) is 7.11 Å². The van der Waals surface area contributed by atoms with Crippen LogP contribution in [0.15, 0.2) is 29.4 Å². The van der Waals surface area contributed by atoms with E-state index in [-0.39, 0.29) is 11.9 Å². The van der Waals surface area contributed by atoms with Gasteiger partial charge in [-0.15, -0.1) is 0 Å². The minimum absolute atomic E-state index is 0.0210. The van der Waals surface area contributed by atoms with Gasteiger partial charge in [0.25, 0.3) is 0 Å². The fourth-order valence-corrected chi connectivity index (χ4v) is 2.74. The lowest BCUT2D eigenvalue weighted by molar-refractivity contribution is -0.146. The molecule has 1 fully saturated rings. The lowest BCUT2D eigenvalue weighted by atomic mass is 9.97. The van der Waals surface area contributed by atoms with Crippen LogP contribution in [0.5, 0.6) is 0 Å². The molecule has 0 radical (unpaired) electrons. The third kappa shape index (κ3) is 5.23. The molecule has 0 atom stereocenters. The molecule has 23 heavy (non-hydrogen) atoms. The number of likely N-dealkylation sites (tertiary alicyclic amines) is 1. The number of rotatable bonds is 5. The molecule has 1 aliphatic heterocycles. The Morgan fingerprint density at radius 2 is 2.22 bits per heavy atom. The number of carbonyl (C=O) groups excluding carboxylic acids is 1. The first-order valence-electron chi connectivity index (χ1n) is 8.25. The number of aromatic nitrogens is 1. The van der Waals surface area contributed by atoms with Crippen LogP contribution in [-0.2, 0) is 16.0 Å². The molecule has 0 spiro atoms. The van der Waals surface area contributed by atoms with E-state index in [4.69, 9.17) is 9.73 Å². The van der Waals surface area contributed by atoms with Gasteiger partial charge in [-0.1, -0.05) is 6.07 Å². The smallest absolute Gasteiger partial charge is 0.308 e. The van der Waals surface area contributed by atoms with E-state index in [0.29, 0.717) is 6.54 Å². The maximum absolute atomic E-state index is 11.6. The van der Waals surface area contributed by atoms with Crippen molar-refractivity contribution in [3.8, 4) is 0 Å². The Kier molecular flexibility index (Phi) is 6.84. The van der Waals surface area contributed by atoms with Crippen molar-refractivity contribution in [2.45, 2.75) is 26.2 Å². The SMILES string of the molecule is CCNC(=NCCc1ccccn1)N1CCC(C(=O)OC)CC1. The third-order valence-corrected chi connectivity index (χ3v) is 4.02. The molecule has 1 aliphatic rings. The lowest BCUT2D eigenvalue weighted by Gasteiger charge is -2.33. The van der Waals surface area contributed by atoms with Crippen LogP contribution >= 0.6 is 0 Å². The van der Waals surface area contributed by atoms with Gasteiger partial charge in [0.05, 0.1) is 13.0 Å². The molecule has 2 rings (SSSR count). The van der Waals surface area contributed by atoms with Crippen LogP contribution < -0.4 is 5.32 Å². The van der Waals surface area contributed by atoms with Crippen molar-refractivity contribution in [2.24, 2.45) is 10.9 Å². The number of nitrogens with zero attached hydrogens (tertiary/aromatic N) is 3. The van der Waals surface area contributed by atoms with Crippen LogP contribution in [0.1, 0.15) is 25.5 Å². The first-order chi connectivity index (χ1) is 11.2. The van der Waals surface area contributed by atoms with Crippen molar-refractivity contribution in [2.75, 3.05) is 33.3 Å². The highest BCUT2D eigenvalue weighted by atomic mass is 16.5. The normalized spacial score (nSPS) is 16.3.